The van der Waals surface area contributed by atoms with E-state index < -0.39 is 26.2 Å². The van der Waals surface area contributed by atoms with Gasteiger partial charge in [0.05, 0.1) is 9.83 Å². The molecule has 1 heterocycles. The molecule has 1 N–H and O–H groups in total. The van der Waals surface area contributed by atoms with Crippen LogP contribution in [0.4, 0.5) is 10.5 Å². The van der Waals surface area contributed by atoms with Gasteiger partial charge in [0, 0.05) is 12.1 Å². The number of non-ortho nitro benzene ring substituents is 1. The van der Waals surface area contributed by atoms with E-state index in [-0.39, 0.29) is 21.2 Å². The van der Waals surface area contributed by atoms with Crippen LogP contribution in [-0.4, -0.2) is 24.5 Å². The Morgan fingerprint density at radius 1 is 1.11 bits per heavy atom. The molecule has 138 valence electrons. The third-order valence-electron chi connectivity index (χ3n) is 3.34. The molecule has 0 atom stereocenters. The lowest BCUT2D eigenvalue weighted by molar-refractivity contribution is -0.385. The molecule has 1 saturated heterocycles. The third kappa shape index (κ3) is 4.33. The predicted molar refractivity (Wildman–Crippen MR) is 96.5 cm³/mol. The monoisotopic (exact) mass is 406 g/mol. The first kappa shape index (κ1) is 18.6. The van der Waals surface area contributed by atoms with Gasteiger partial charge in [0.1, 0.15) is 10.6 Å². The van der Waals surface area contributed by atoms with Crippen molar-refractivity contribution in [2.24, 2.45) is 0 Å². The second-order valence-corrected chi connectivity index (χ2v) is 7.77. The highest BCUT2D eigenvalue weighted by Crippen LogP contribution is 2.27. The van der Waals surface area contributed by atoms with Crippen LogP contribution in [0.25, 0.3) is 6.08 Å². The quantitative estimate of drug-likeness (QED) is 0.347. The fourth-order valence-electron chi connectivity index (χ4n) is 2.12. The molecule has 0 radical (unpaired) electrons. The summed E-state index contributed by atoms with van der Waals surface area (Å²) in [5.41, 5.74) is 0.186. The van der Waals surface area contributed by atoms with Crippen LogP contribution < -0.4 is 9.50 Å². The van der Waals surface area contributed by atoms with Gasteiger partial charge in [-0.2, -0.15) is 8.42 Å². The smallest absolute Gasteiger partial charge is 0.339 e. The molecular formula is C16H10N2O7S2. The van der Waals surface area contributed by atoms with Crippen LogP contribution in [0.15, 0.2) is 58.3 Å². The van der Waals surface area contributed by atoms with Crippen molar-refractivity contribution < 1.29 is 27.1 Å². The summed E-state index contributed by atoms with van der Waals surface area (Å²) in [7, 11) is -4.25. The first-order valence-corrected chi connectivity index (χ1v) is 9.51. The molecule has 0 unspecified atom stereocenters. The van der Waals surface area contributed by atoms with Gasteiger partial charge in [-0.15, -0.1) is 0 Å². The summed E-state index contributed by atoms with van der Waals surface area (Å²) >= 11 is 0.763. The minimum Gasteiger partial charge on any atom is -0.379 e. The highest BCUT2D eigenvalue weighted by Gasteiger charge is 2.25. The summed E-state index contributed by atoms with van der Waals surface area (Å²) in [6.07, 6.45) is 1.48. The Hall–Kier alpha value is -3.18. The average Bonchev–Trinajstić information content (AvgIpc) is 2.93. The van der Waals surface area contributed by atoms with Gasteiger partial charge in [0.2, 0.25) is 0 Å². The van der Waals surface area contributed by atoms with Crippen molar-refractivity contribution in [1.82, 2.24) is 5.32 Å². The summed E-state index contributed by atoms with van der Waals surface area (Å²) in [6, 6.07) is 10.2. The molecule has 1 aliphatic heterocycles. The van der Waals surface area contributed by atoms with Crippen LogP contribution >= 0.6 is 11.8 Å². The number of carbonyl (C=O) groups excluding carboxylic acids is 2. The zero-order valence-corrected chi connectivity index (χ0v) is 15.0. The average molecular weight is 406 g/mol. The van der Waals surface area contributed by atoms with Crippen molar-refractivity contribution in [2.45, 2.75) is 4.90 Å². The highest BCUT2D eigenvalue weighted by molar-refractivity contribution is 8.18. The van der Waals surface area contributed by atoms with Gasteiger partial charge in [-0.3, -0.25) is 25.0 Å². The Labute approximate surface area is 157 Å². The molecule has 9 nitrogen and oxygen atoms in total. The molecule has 0 saturated carbocycles. The van der Waals surface area contributed by atoms with Gasteiger partial charge in [-0.25, -0.2) is 0 Å². The topological polar surface area (TPSA) is 133 Å². The number of nitrogens with zero attached hydrogens (tertiary/aromatic N) is 1. The van der Waals surface area contributed by atoms with Gasteiger partial charge in [0.15, 0.2) is 0 Å². The molecule has 2 amide bonds. The van der Waals surface area contributed by atoms with Crippen LogP contribution in [0.1, 0.15) is 5.56 Å². The number of thioether (sulfide) groups is 1. The zero-order valence-electron chi connectivity index (χ0n) is 13.3. The molecule has 0 aliphatic carbocycles. The van der Waals surface area contributed by atoms with E-state index in [4.69, 9.17) is 4.18 Å². The number of benzene rings is 2. The molecule has 11 heteroatoms. The Balaban J connectivity index is 1.79. The number of rotatable bonds is 5. The third-order valence-corrected chi connectivity index (χ3v) is 5.40. The zero-order chi connectivity index (χ0) is 19.6. The highest BCUT2D eigenvalue weighted by atomic mass is 32.2. The van der Waals surface area contributed by atoms with Crippen LogP contribution in [0.2, 0.25) is 0 Å². The van der Waals surface area contributed by atoms with Crippen LogP contribution in [0.5, 0.6) is 5.75 Å². The minimum atomic E-state index is -4.25. The molecule has 1 fully saturated rings. The summed E-state index contributed by atoms with van der Waals surface area (Å²) in [5, 5.41) is 12.4. The van der Waals surface area contributed by atoms with E-state index in [1.165, 1.54) is 48.5 Å². The normalized spacial score (nSPS) is 15.6. The number of amides is 2. The van der Waals surface area contributed by atoms with Crippen molar-refractivity contribution in [3.8, 4) is 5.75 Å². The first-order valence-electron chi connectivity index (χ1n) is 7.28. The Kier molecular flexibility index (Phi) is 4.97. The second kappa shape index (κ2) is 7.21. The lowest BCUT2D eigenvalue weighted by Gasteiger charge is -2.07. The summed E-state index contributed by atoms with van der Waals surface area (Å²) in [6.45, 7) is 0. The van der Waals surface area contributed by atoms with E-state index >= 15 is 0 Å². The van der Waals surface area contributed by atoms with Crippen molar-refractivity contribution in [1.29, 1.82) is 0 Å². The number of nitro benzene ring substituents is 1. The molecule has 1 aliphatic rings. The van der Waals surface area contributed by atoms with E-state index in [9.17, 15) is 28.1 Å². The Morgan fingerprint density at radius 2 is 1.81 bits per heavy atom. The van der Waals surface area contributed by atoms with Crippen molar-refractivity contribution in [3.05, 3.63) is 69.1 Å². The Morgan fingerprint density at radius 3 is 2.41 bits per heavy atom. The lowest BCUT2D eigenvalue weighted by Crippen LogP contribution is -2.17. The minimum absolute atomic E-state index is 0.0109. The van der Waals surface area contributed by atoms with E-state index in [1.54, 1.807) is 0 Å². The standard InChI is InChI=1S/C16H10N2O7S2/c19-15-14(26-16(20)17-15)8-10-4-6-12(7-5-10)25-27(23,24)13-3-1-2-11(9-13)18(21)22/h1-9H,(H,17,19,20)/b14-8-. The van der Waals surface area contributed by atoms with Gasteiger partial charge in [-0.1, -0.05) is 18.2 Å². The molecular weight excluding hydrogens is 396 g/mol. The van der Waals surface area contributed by atoms with Crippen molar-refractivity contribution in [2.75, 3.05) is 0 Å². The van der Waals surface area contributed by atoms with E-state index in [1.807, 2.05) is 0 Å². The van der Waals surface area contributed by atoms with Crippen molar-refractivity contribution >= 4 is 44.8 Å². The lowest BCUT2D eigenvalue weighted by atomic mass is 10.2. The van der Waals surface area contributed by atoms with Gasteiger partial charge < -0.3 is 4.18 Å². The summed E-state index contributed by atoms with van der Waals surface area (Å²) in [4.78, 5) is 32.6. The van der Waals surface area contributed by atoms with E-state index in [2.05, 4.69) is 5.32 Å². The maximum absolute atomic E-state index is 12.3. The van der Waals surface area contributed by atoms with Gasteiger partial charge in [0.25, 0.3) is 16.8 Å². The molecule has 2 aromatic rings. The fraction of sp³-hybridized carbons (Fsp3) is 0. The second-order valence-electron chi connectivity index (χ2n) is 5.21. The van der Waals surface area contributed by atoms with Crippen LogP contribution in [-0.2, 0) is 14.9 Å². The van der Waals surface area contributed by atoms with Gasteiger partial charge in [-0.05, 0) is 41.6 Å². The van der Waals surface area contributed by atoms with Gasteiger partial charge >= 0.3 is 10.1 Å². The SMILES string of the molecule is O=C1NC(=O)/C(=C/c2ccc(OS(=O)(=O)c3cccc([N+](=O)[O-])c3)cc2)S1. The number of carbonyl (C=O) groups is 2. The molecule has 0 bridgehead atoms. The number of nitro groups is 1. The van der Waals surface area contributed by atoms with Crippen molar-refractivity contribution in [3.63, 3.8) is 0 Å². The maximum atomic E-state index is 12.3. The molecule has 0 aromatic heterocycles. The molecule has 27 heavy (non-hydrogen) atoms. The Bertz CT molecular complexity index is 1080. The predicted octanol–water partition coefficient (Wildman–Crippen LogP) is 2.69. The number of hydrogen-bond donors (Lipinski definition) is 1. The van der Waals surface area contributed by atoms with E-state index in [0.29, 0.717) is 5.56 Å². The molecule has 2 aromatic carbocycles. The van der Waals surface area contributed by atoms with Crippen LogP contribution in [0, 0.1) is 10.1 Å². The number of hydrogen-bond acceptors (Lipinski definition) is 8. The fourth-order valence-corrected chi connectivity index (χ4v) is 3.77. The van der Waals surface area contributed by atoms with Crippen LogP contribution in [0.3, 0.4) is 0 Å². The maximum Gasteiger partial charge on any atom is 0.339 e. The largest absolute Gasteiger partial charge is 0.379 e. The molecule has 0 spiro atoms. The first-order chi connectivity index (χ1) is 12.7. The summed E-state index contributed by atoms with van der Waals surface area (Å²) < 4.78 is 29.5. The summed E-state index contributed by atoms with van der Waals surface area (Å²) in [5.74, 6) is -0.512. The number of nitrogens with one attached hydrogen (secondary N) is 1. The number of imide groups is 1. The molecule has 3 rings (SSSR count). The van der Waals surface area contributed by atoms with E-state index in [0.717, 1.165) is 17.8 Å².